The van der Waals surface area contributed by atoms with Gasteiger partial charge in [-0.05, 0) is 48.2 Å². The summed E-state index contributed by atoms with van der Waals surface area (Å²) in [6.45, 7) is 1.92. The van der Waals surface area contributed by atoms with Crippen molar-refractivity contribution in [2.45, 2.75) is 19.4 Å². The zero-order valence-corrected chi connectivity index (χ0v) is 10.2. The predicted octanol–water partition coefficient (Wildman–Crippen LogP) is 2.35. The maximum absolute atomic E-state index is 13.2. The molecule has 1 aromatic carbocycles. The Morgan fingerprint density at radius 3 is 2.83 bits per heavy atom. The second-order valence-electron chi connectivity index (χ2n) is 4.36. The first-order chi connectivity index (χ1) is 8.58. The van der Waals surface area contributed by atoms with Crippen LogP contribution in [0.3, 0.4) is 0 Å². The molecule has 2 aromatic rings. The van der Waals surface area contributed by atoms with Gasteiger partial charge >= 0.3 is 0 Å². The highest BCUT2D eigenvalue weighted by Crippen LogP contribution is 2.22. The third-order valence-electron chi connectivity index (χ3n) is 3.01. The average Bonchev–Trinajstić information content (AvgIpc) is 2.35. The SMILES string of the molecule is Cc1ccc(F)cc1C(N)Cc1cccnc1N. The van der Waals surface area contributed by atoms with Crippen molar-refractivity contribution in [2.24, 2.45) is 5.73 Å². The Kier molecular flexibility index (Phi) is 3.58. The highest BCUT2D eigenvalue weighted by molar-refractivity contribution is 5.40. The van der Waals surface area contributed by atoms with Crippen LogP contribution in [0.25, 0.3) is 0 Å². The van der Waals surface area contributed by atoms with E-state index in [1.54, 1.807) is 12.3 Å². The summed E-state index contributed by atoms with van der Waals surface area (Å²) in [6, 6.07) is 8.06. The van der Waals surface area contributed by atoms with Crippen LogP contribution in [0, 0.1) is 12.7 Å². The Hall–Kier alpha value is -1.94. The van der Waals surface area contributed by atoms with E-state index in [-0.39, 0.29) is 11.9 Å². The van der Waals surface area contributed by atoms with Crippen molar-refractivity contribution in [1.82, 2.24) is 4.98 Å². The van der Waals surface area contributed by atoms with Crippen molar-refractivity contribution in [3.8, 4) is 0 Å². The van der Waals surface area contributed by atoms with Gasteiger partial charge in [-0.25, -0.2) is 9.37 Å². The van der Waals surface area contributed by atoms with Crippen LogP contribution < -0.4 is 11.5 Å². The molecule has 4 N–H and O–H groups in total. The molecule has 0 saturated heterocycles. The molecule has 0 bridgehead atoms. The molecule has 0 fully saturated rings. The normalized spacial score (nSPS) is 12.4. The minimum absolute atomic E-state index is 0.273. The summed E-state index contributed by atoms with van der Waals surface area (Å²) in [7, 11) is 0. The summed E-state index contributed by atoms with van der Waals surface area (Å²) in [6.07, 6.45) is 2.18. The first-order valence-electron chi connectivity index (χ1n) is 5.79. The summed E-state index contributed by atoms with van der Waals surface area (Å²) in [5, 5.41) is 0. The molecule has 1 atom stereocenters. The van der Waals surface area contributed by atoms with E-state index in [1.165, 1.54) is 12.1 Å². The van der Waals surface area contributed by atoms with Gasteiger partial charge in [0.15, 0.2) is 0 Å². The highest BCUT2D eigenvalue weighted by atomic mass is 19.1. The van der Waals surface area contributed by atoms with Crippen LogP contribution in [-0.4, -0.2) is 4.98 Å². The van der Waals surface area contributed by atoms with E-state index in [9.17, 15) is 4.39 Å². The standard InChI is InChI=1S/C14H16FN3/c1-9-4-5-11(15)8-12(9)13(16)7-10-3-2-6-18-14(10)17/h2-6,8,13H,7,16H2,1H3,(H2,17,18). The van der Waals surface area contributed by atoms with Crippen LogP contribution in [0.1, 0.15) is 22.7 Å². The first-order valence-corrected chi connectivity index (χ1v) is 5.79. The summed E-state index contributed by atoms with van der Waals surface area (Å²) in [4.78, 5) is 4.01. The van der Waals surface area contributed by atoms with Crippen molar-refractivity contribution in [2.75, 3.05) is 5.73 Å². The Labute approximate surface area is 106 Å². The maximum atomic E-state index is 13.2. The van der Waals surface area contributed by atoms with Crippen molar-refractivity contribution >= 4 is 5.82 Å². The Balaban J connectivity index is 2.25. The molecule has 0 amide bonds. The molecular weight excluding hydrogens is 229 g/mol. The van der Waals surface area contributed by atoms with Gasteiger partial charge in [-0.3, -0.25) is 0 Å². The lowest BCUT2D eigenvalue weighted by molar-refractivity contribution is 0.617. The fourth-order valence-electron chi connectivity index (χ4n) is 1.98. The number of nitrogen functional groups attached to an aromatic ring is 1. The van der Waals surface area contributed by atoms with Gasteiger partial charge in [0.2, 0.25) is 0 Å². The minimum Gasteiger partial charge on any atom is -0.383 e. The van der Waals surface area contributed by atoms with Crippen molar-refractivity contribution < 1.29 is 4.39 Å². The molecule has 0 spiro atoms. The van der Waals surface area contributed by atoms with Crippen molar-refractivity contribution in [3.63, 3.8) is 0 Å². The molecule has 1 aromatic heterocycles. The maximum Gasteiger partial charge on any atom is 0.126 e. The molecular formula is C14H16FN3. The van der Waals surface area contributed by atoms with E-state index in [0.717, 1.165) is 16.7 Å². The molecule has 4 heteroatoms. The number of nitrogens with two attached hydrogens (primary N) is 2. The second kappa shape index (κ2) is 5.14. The van der Waals surface area contributed by atoms with Gasteiger partial charge in [0.05, 0.1) is 0 Å². The lowest BCUT2D eigenvalue weighted by Gasteiger charge is -2.15. The van der Waals surface area contributed by atoms with Gasteiger partial charge in [-0.2, -0.15) is 0 Å². The molecule has 94 valence electrons. The van der Waals surface area contributed by atoms with Crippen LogP contribution in [-0.2, 0) is 6.42 Å². The lowest BCUT2D eigenvalue weighted by atomic mass is 9.96. The molecule has 0 saturated carbocycles. The lowest BCUT2D eigenvalue weighted by Crippen LogP contribution is -2.16. The first kappa shape index (κ1) is 12.5. The average molecular weight is 245 g/mol. The van der Waals surface area contributed by atoms with E-state index in [4.69, 9.17) is 11.5 Å². The number of benzene rings is 1. The van der Waals surface area contributed by atoms with Crippen LogP contribution >= 0.6 is 0 Å². The Morgan fingerprint density at radius 2 is 2.11 bits per heavy atom. The van der Waals surface area contributed by atoms with Crippen molar-refractivity contribution in [1.29, 1.82) is 0 Å². The quantitative estimate of drug-likeness (QED) is 0.872. The van der Waals surface area contributed by atoms with Gasteiger partial charge in [0, 0.05) is 12.2 Å². The third-order valence-corrected chi connectivity index (χ3v) is 3.01. The molecule has 1 unspecified atom stereocenters. The number of aryl methyl sites for hydroxylation is 1. The molecule has 2 rings (SSSR count). The number of aromatic nitrogens is 1. The third kappa shape index (κ3) is 2.65. The van der Waals surface area contributed by atoms with Crippen molar-refractivity contribution in [3.05, 3.63) is 59.0 Å². The number of anilines is 1. The molecule has 0 aliphatic carbocycles. The summed E-state index contributed by atoms with van der Waals surface area (Å²) in [5.41, 5.74) is 14.6. The number of nitrogens with zero attached hydrogens (tertiary/aromatic N) is 1. The van der Waals surface area contributed by atoms with E-state index in [2.05, 4.69) is 4.98 Å². The summed E-state index contributed by atoms with van der Waals surface area (Å²) >= 11 is 0. The zero-order chi connectivity index (χ0) is 13.1. The smallest absolute Gasteiger partial charge is 0.126 e. The van der Waals surface area contributed by atoms with E-state index in [0.29, 0.717) is 12.2 Å². The number of halogens is 1. The Morgan fingerprint density at radius 1 is 1.33 bits per heavy atom. The van der Waals surface area contributed by atoms with Crippen LogP contribution in [0.5, 0.6) is 0 Å². The van der Waals surface area contributed by atoms with Crippen LogP contribution in [0.2, 0.25) is 0 Å². The number of hydrogen-bond donors (Lipinski definition) is 2. The fraction of sp³-hybridized carbons (Fsp3) is 0.214. The molecule has 0 aliphatic heterocycles. The largest absolute Gasteiger partial charge is 0.383 e. The minimum atomic E-state index is -0.285. The van der Waals surface area contributed by atoms with Gasteiger partial charge in [-0.1, -0.05) is 12.1 Å². The zero-order valence-electron chi connectivity index (χ0n) is 10.2. The van der Waals surface area contributed by atoms with Crippen LogP contribution in [0.15, 0.2) is 36.5 Å². The number of pyridine rings is 1. The highest BCUT2D eigenvalue weighted by Gasteiger charge is 2.12. The van der Waals surface area contributed by atoms with E-state index in [1.807, 2.05) is 19.1 Å². The van der Waals surface area contributed by atoms with E-state index < -0.39 is 0 Å². The van der Waals surface area contributed by atoms with Gasteiger partial charge < -0.3 is 11.5 Å². The predicted molar refractivity (Wildman–Crippen MR) is 70.4 cm³/mol. The number of rotatable bonds is 3. The topological polar surface area (TPSA) is 64.9 Å². The van der Waals surface area contributed by atoms with Gasteiger partial charge in [0.1, 0.15) is 11.6 Å². The monoisotopic (exact) mass is 245 g/mol. The van der Waals surface area contributed by atoms with Crippen LogP contribution in [0.4, 0.5) is 10.2 Å². The second-order valence-corrected chi connectivity index (χ2v) is 4.36. The van der Waals surface area contributed by atoms with E-state index >= 15 is 0 Å². The summed E-state index contributed by atoms with van der Waals surface area (Å²) < 4.78 is 13.2. The molecule has 0 aliphatic rings. The Bertz CT molecular complexity index is 554. The van der Waals surface area contributed by atoms with Gasteiger partial charge in [0.25, 0.3) is 0 Å². The van der Waals surface area contributed by atoms with Gasteiger partial charge in [-0.15, -0.1) is 0 Å². The molecule has 3 nitrogen and oxygen atoms in total. The molecule has 18 heavy (non-hydrogen) atoms. The molecule has 1 heterocycles. The summed E-state index contributed by atoms with van der Waals surface area (Å²) in [5.74, 6) is 0.201. The molecule has 0 radical (unpaired) electrons. The fourth-order valence-corrected chi connectivity index (χ4v) is 1.98. The number of hydrogen-bond acceptors (Lipinski definition) is 3.